The van der Waals surface area contributed by atoms with Crippen LogP contribution in [0.15, 0.2) is 22.7 Å². The number of thiol groups is 1. The third-order valence-electron chi connectivity index (χ3n) is 2.21. The van der Waals surface area contributed by atoms with Gasteiger partial charge in [-0.25, -0.2) is 4.98 Å². The van der Waals surface area contributed by atoms with Gasteiger partial charge in [-0.1, -0.05) is 27.8 Å². The summed E-state index contributed by atoms with van der Waals surface area (Å²) in [6, 6.07) is 3.43. The average Bonchev–Trinajstić information content (AvgIpc) is 2.18. The molecule has 0 aliphatic carbocycles. The van der Waals surface area contributed by atoms with Crippen LogP contribution in [0.5, 0.6) is 0 Å². The first-order valence-electron chi connectivity index (χ1n) is 4.29. The lowest BCUT2D eigenvalue weighted by Gasteiger charge is -2.24. The SMILES string of the molecule is C[C@H](c1ccc(Cl)nc1)[SH](C)(O)=NC#N. The molecular weight excluding hydrogens is 234 g/mol. The smallest absolute Gasteiger partial charge is 0.212 e. The molecule has 1 aromatic rings. The first kappa shape index (κ1) is 12.1. The molecule has 1 heterocycles. The Labute approximate surface area is 94.8 Å². The van der Waals surface area contributed by atoms with Crippen molar-refractivity contribution < 1.29 is 4.55 Å². The van der Waals surface area contributed by atoms with Crippen molar-refractivity contribution in [2.75, 3.05) is 6.26 Å². The Morgan fingerprint density at radius 2 is 2.33 bits per heavy atom. The highest BCUT2D eigenvalue weighted by Crippen LogP contribution is 2.26. The van der Waals surface area contributed by atoms with Crippen LogP contribution in [-0.4, -0.2) is 15.8 Å². The highest BCUT2D eigenvalue weighted by atomic mass is 35.5. The molecule has 0 radical (unpaired) electrons. The molecule has 0 aliphatic rings. The van der Waals surface area contributed by atoms with E-state index < -0.39 is 10.1 Å². The third kappa shape index (κ3) is 2.99. The molecule has 82 valence electrons. The molecule has 1 N–H and O–H groups in total. The Morgan fingerprint density at radius 1 is 1.67 bits per heavy atom. The first-order valence-corrected chi connectivity index (χ1v) is 6.88. The number of halogens is 1. The first-order chi connectivity index (χ1) is 6.97. The maximum atomic E-state index is 9.97. The summed E-state index contributed by atoms with van der Waals surface area (Å²) in [5.74, 6) is 0. The summed E-state index contributed by atoms with van der Waals surface area (Å²) >= 11 is 5.65. The summed E-state index contributed by atoms with van der Waals surface area (Å²) < 4.78 is 13.5. The topological polar surface area (TPSA) is 69.3 Å². The minimum absolute atomic E-state index is 0.207. The van der Waals surface area contributed by atoms with Gasteiger partial charge in [0.15, 0.2) is 0 Å². The van der Waals surface area contributed by atoms with Crippen molar-refractivity contribution in [3.05, 3.63) is 29.0 Å². The van der Waals surface area contributed by atoms with Crippen LogP contribution in [-0.2, 0) is 10.1 Å². The second-order valence-electron chi connectivity index (χ2n) is 3.27. The zero-order valence-electron chi connectivity index (χ0n) is 8.42. The monoisotopic (exact) mass is 245 g/mol. The van der Waals surface area contributed by atoms with Gasteiger partial charge in [0.05, 0.1) is 0 Å². The second kappa shape index (κ2) is 4.71. The fourth-order valence-electron chi connectivity index (χ4n) is 1.09. The number of nitrogens with zero attached hydrogens (tertiary/aromatic N) is 3. The molecule has 1 aromatic heterocycles. The van der Waals surface area contributed by atoms with Crippen LogP contribution >= 0.6 is 11.6 Å². The van der Waals surface area contributed by atoms with Crippen molar-refractivity contribution in [2.45, 2.75) is 12.2 Å². The van der Waals surface area contributed by atoms with Crippen LogP contribution in [0, 0.1) is 11.5 Å². The van der Waals surface area contributed by atoms with E-state index in [1.165, 1.54) is 0 Å². The largest absolute Gasteiger partial charge is 0.343 e. The molecule has 0 fully saturated rings. The average molecular weight is 246 g/mol. The molecule has 0 unspecified atom stereocenters. The van der Waals surface area contributed by atoms with Crippen molar-refractivity contribution in [3.63, 3.8) is 0 Å². The van der Waals surface area contributed by atoms with Crippen molar-refractivity contribution in [1.29, 1.82) is 5.26 Å². The lowest BCUT2D eigenvalue weighted by molar-refractivity contribution is 0.621. The van der Waals surface area contributed by atoms with E-state index in [1.54, 1.807) is 30.8 Å². The maximum absolute atomic E-state index is 9.97. The van der Waals surface area contributed by atoms with Gasteiger partial charge in [0.1, 0.15) is 5.15 Å². The third-order valence-corrected chi connectivity index (χ3v) is 4.70. The summed E-state index contributed by atoms with van der Waals surface area (Å²) in [6.07, 6.45) is 4.83. The molecule has 1 rings (SSSR count). The number of hydrogen-bond acceptors (Lipinski definition) is 3. The highest BCUT2D eigenvalue weighted by molar-refractivity contribution is 7.99. The van der Waals surface area contributed by atoms with Crippen molar-refractivity contribution in [2.24, 2.45) is 4.36 Å². The molecule has 1 atom stereocenters. The van der Waals surface area contributed by atoms with Gasteiger partial charge in [0, 0.05) is 11.4 Å². The van der Waals surface area contributed by atoms with Gasteiger partial charge < -0.3 is 4.55 Å². The fraction of sp³-hybridized carbons (Fsp3) is 0.333. The van der Waals surface area contributed by atoms with E-state index in [-0.39, 0.29) is 5.25 Å². The molecule has 0 amide bonds. The van der Waals surface area contributed by atoms with E-state index in [0.29, 0.717) is 5.15 Å². The van der Waals surface area contributed by atoms with Crippen LogP contribution in [0.2, 0.25) is 5.15 Å². The summed E-state index contributed by atoms with van der Waals surface area (Å²) in [6.45, 7) is 1.82. The Kier molecular flexibility index (Phi) is 3.80. The second-order valence-corrected chi connectivity index (χ2v) is 6.59. The molecule has 0 saturated carbocycles. The summed E-state index contributed by atoms with van der Waals surface area (Å²) in [5, 5.41) is 8.65. The maximum Gasteiger partial charge on any atom is 0.212 e. The van der Waals surface area contributed by atoms with E-state index in [9.17, 15) is 4.55 Å². The van der Waals surface area contributed by atoms with Crippen LogP contribution in [0.4, 0.5) is 0 Å². The predicted octanol–water partition coefficient (Wildman–Crippen LogP) is 2.45. The van der Waals surface area contributed by atoms with Crippen LogP contribution in [0.1, 0.15) is 17.7 Å². The zero-order chi connectivity index (χ0) is 11.5. The van der Waals surface area contributed by atoms with E-state index in [2.05, 4.69) is 9.35 Å². The van der Waals surface area contributed by atoms with E-state index in [0.717, 1.165) is 5.56 Å². The summed E-state index contributed by atoms with van der Waals surface area (Å²) in [5.41, 5.74) is 0.830. The van der Waals surface area contributed by atoms with E-state index in [4.69, 9.17) is 16.9 Å². The zero-order valence-corrected chi connectivity index (χ0v) is 10.1. The standard InChI is InChI=1S/C9H12ClN3OS/c1-7(15(2,14)13-6-11)8-3-4-9(10)12-5-8/h3-5,7,15H,1-2H3,(H,13,14)/t7-/m1/s1. The quantitative estimate of drug-likeness (QED) is 0.478. The van der Waals surface area contributed by atoms with Gasteiger partial charge in [-0.3, -0.25) is 0 Å². The Hall–Kier alpha value is -0.960. The fourth-order valence-corrected chi connectivity index (χ4v) is 2.28. The number of pyridine rings is 1. The van der Waals surface area contributed by atoms with Crippen molar-refractivity contribution >= 4 is 21.7 Å². The highest BCUT2D eigenvalue weighted by Gasteiger charge is 2.15. The van der Waals surface area contributed by atoms with Crippen molar-refractivity contribution in [1.82, 2.24) is 4.98 Å². The van der Waals surface area contributed by atoms with E-state index in [1.807, 2.05) is 6.92 Å². The Balaban J connectivity index is 3.06. The van der Waals surface area contributed by atoms with Gasteiger partial charge in [0.2, 0.25) is 6.19 Å². The summed E-state index contributed by atoms with van der Waals surface area (Å²) in [4.78, 5) is 3.92. The number of aromatic nitrogens is 1. The molecule has 0 bridgehead atoms. The molecule has 6 heteroatoms. The predicted molar refractivity (Wildman–Crippen MR) is 63.0 cm³/mol. The number of hydrogen-bond donors (Lipinski definition) is 2. The molecule has 0 saturated heterocycles. The van der Waals surface area contributed by atoms with Crippen LogP contribution in [0.25, 0.3) is 0 Å². The molecule has 0 aromatic carbocycles. The van der Waals surface area contributed by atoms with Gasteiger partial charge in [0.25, 0.3) is 0 Å². The van der Waals surface area contributed by atoms with Crippen LogP contribution < -0.4 is 0 Å². The summed E-state index contributed by atoms with van der Waals surface area (Å²) in [7, 11) is -2.59. The lowest BCUT2D eigenvalue weighted by atomic mass is 10.2. The van der Waals surface area contributed by atoms with Gasteiger partial charge >= 0.3 is 0 Å². The minimum Gasteiger partial charge on any atom is -0.343 e. The Bertz CT molecular complexity index is 432. The van der Waals surface area contributed by atoms with Gasteiger partial charge in [-0.2, -0.15) is 5.26 Å². The van der Waals surface area contributed by atoms with E-state index >= 15 is 0 Å². The van der Waals surface area contributed by atoms with Gasteiger partial charge in [-0.05, 0) is 24.8 Å². The number of nitriles is 1. The lowest BCUT2D eigenvalue weighted by Crippen LogP contribution is -2.15. The Morgan fingerprint density at radius 3 is 2.80 bits per heavy atom. The molecule has 0 aliphatic heterocycles. The normalized spacial score (nSPS) is 14.1. The molecule has 4 nitrogen and oxygen atoms in total. The molecule has 15 heavy (non-hydrogen) atoms. The molecule has 0 spiro atoms. The van der Waals surface area contributed by atoms with Crippen molar-refractivity contribution in [3.8, 4) is 6.19 Å². The van der Waals surface area contributed by atoms with Crippen LogP contribution in [0.3, 0.4) is 0 Å². The van der Waals surface area contributed by atoms with Gasteiger partial charge in [-0.15, -0.1) is 4.36 Å². The minimum atomic E-state index is -2.59. The number of rotatable bonds is 2. The molecular formula is C9H12ClN3OS.